The summed E-state index contributed by atoms with van der Waals surface area (Å²) in [5, 5.41) is 13.2. The fourth-order valence-electron chi connectivity index (χ4n) is 1.83. The molecule has 1 heterocycles. The van der Waals surface area contributed by atoms with Crippen LogP contribution in [-0.4, -0.2) is 28.3 Å². The van der Waals surface area contributed by atoms with Gasteiger partial charge in [-0.25, -0.2) is 4.98 Å². The van der Waals surface area contributed by atoms with E-state index in [-0.39, 0.29) is 0 Å². The molecule has 0 spiro atoms. The van der Waals surface area contributed by atoms with E-state index in [1.807, 2.05) is 42.1 Å². The van der Waals surface area contributed by atoms with Gasteiger partial charge in [0.05, 0.1) is 19.8 Å². The molecule has 2 aromatic rings. The number of hydrogen-bond acceptors (Lipinski definition) is 4. The highest BCUT2D eigenvalue weighted by molar-refractivity contribution is 5.28. The molecule has 0 fully saturated rings. The van der Waals surface area contributed by atoms with Crippen molar-refractivity contribution in [2.24, 2.45) is 7.05 Å². The number of nitrogens with zero attached hydrogens (tertiary/aromatic N) is 2. The second-order valence-electron chi connectivity index (χ2n) is 4.37. The number of ether oxygens (including phenoxy) is 1. The van der Waals surface area contributed by atoms with E-state index in [1.54, 1.807) is 13.3 Å². The molecule has 1 unspecified atom stereocenters. The molecule has 19 heavy (non-hydrogen) atoms. The van der Waals surface area contributed by atoms with Gasteiger partial charge in [-0.2, -0.15) is 0 Å². The van der Waals surface area contributed by atoms with E-state index in [2.05, 4.69) is 10.3 Å². The Bertz CT molecular complexity index is 508. The fourth-order valence-corrected chi connectivity index (χ4v) is 1.83. The van der Waals surface area contributed by atoms with Gasteiger partial charge in [0.15, 0.2) is 0 Å². The Morgan fingerprint density at radius 3 is 2.68 bits per heavy atom. The molecule has 0 amide bonds. The third-order valence-corrected chi connectivity index (χ3v) is 3.04. The topological polar surface area (TPSA) is 59.3 Å². The Hall–Kier alpha value is -1.85. The summed E-state index contributed by atoms with van der Waals surface area (Å²) in [4.78, 5) is 4.21. The van der Waals surface area contributed by atoms with Crippen molar-refractivity contribution in [3.8, 4) is 5.75 Å². The zero-order chi connectivity index (χ0) is 13.7. The average Bonchev–Trinajstić information content (AvgIpc) is 2.84. The lowest BCUT2D eigenvalue weighted by atomic mass is 10.1. The largest absolute Gasteiger partial charge is 0.497 e. The molecule has 1 atom stereocenters. The van der Waals surface area contributed by atoms with E-state index < -0.39 is 6.10 Å². The second kappa shape index (κ2) is 6.36. The van der Waals surface area contributed by atoms with Crippen LogP contribution in [0, 0.1) is 0 Å². The third kappa shape index (κ3) is 3.56. The van der Waals surface area contributed by atoms with Crippen LogP contribution in [0.5, 0.6) is 5.75 Å². The maximum atomic E-state index is 10.1. The number of imidazole rings is 1. The summed E-state index contributed by atoms with van der Waals surface area (Å²) in [7, 11) is 3.57. The molecule has 5 heteroatoms. The predicted molar refractivity (Wildman–Crippen MR) is 72.9 cm³/mol. The number of aryl methyl sites for hydroxylation is 1. The maximum Gasteiger partial charge on any atom is 0.122 e. The molecule has 2 rings (SSSR count). The fraction of sp³-hybridized carbons (Fsp3) is 0.357. The van der Waals surface area contributed by atoms with Gasteiger partial charge in [-0.3, -0.25) is 0 Å². The number of nitrogens with one attached hydrogen (secondary N) is 1. The van der Waals surface area contributed by atoms with Crippen molar-refractivity contribution in [1.82, 2.24) is 14.9 Å². The van der Waals surface area contributed by atoms with E-state index in [4.69, 9.17) is 4.74 Å². The lowest BCUT2D eigenvalue weighted by Crippen LogP contribution is -2.22. The van der Waals surface area contributed by atoms with Gasteiger partial charge in [0, 0.05) is 26.0 Å². The summed E-state index contributed by atoms with van der Waals surface area (Å²) in [6.45, 7) is 1.12. The van der Waals surface area contributed by atoms with Gasteiger partial charge < -0.3 is 19.7 Å². The Balaban J connectivity index is 1.83. The van der Waals surface area contributed by atoms with Crippen molar-refractivity contribution < 1.29 is 9.84 Å². The van der Waals surface area contributed by atoms with Gasteiger partial charge in [-0.1, -0.05) is 12.1 Å². The number of benzene rings is 1. The zero-order valence-corrected chi connectivity index (χ0v) is 11.2. The molecule has 0 saturated carbocycles. The Labute approximate surface area is 112 Å². The predicted octanol–water partition coefficient (Wildman–Crippen LogP) is 1.25. The summed E-state index contributed by atoms with van der Waals surface area (Å²) >= 11 is 0. The van der Waals surface area contributed by atoms with Crippen molar-refractivity contribution in [1.29, 1.82) is 0 Å². The van der Waals surface area contributed by atoms with Crippen molar-refractivity contribution in [3.05, 3.63) is 48.0 Å². The first-order valence-corrected chi connectivity index (χ1v) is 6.19. The molecule has 2 N–H and O–H groups in total. The first kappa shape index (κ1) is 13.6. The minimum atomic E-state index is -0.536. The first-order chi connectivity index (χ1) is 9.20. The van der Waals surface area contributed by atoms with Crippen LogP contribution in [-0.2, 0) is 13.6 Å². The van der Waals surface area contributed by atoms with Crippen LogP contribution in [0.25, 0.3) is 0 Å². The van der Waals surface area contributed by atoms with Crippen molar-refractivity contribution >= 4 is 0 Å². The monoisotopic (exact) mass is 261 g/mol. The normalized spacial score (nSPS) is 12.4. The van der Waals surface area contributed by atoms with Crippen LogP contribution in [0.3, 0.4) is 0 Å². The van der Waals surface area contributed by atoms with Crippen molar-refractivity contribution in [2.75, 3.05) is 13.7 Å². The highest BCUT2D eigenvalue weighted by Crippen LogP contribution is 2.16. The minimum absolute atomic E-state index is 0.485. The Morgan fingerprint density at radius 2 is 2.11 bits per heavy atom. The molecule has 0 radical (unpaired) electrons. The summed E-state index contributed by atoms with van der Waals surface area (Å²) in [5.41, 5.74) is 0.869. The highest BCUT2D eigenvalue weighted by Gasteiger charge is 2.07. The molecule has 0 saturated heterocycles. The Morgan fingerprint density at radius 1 is 1.37 bits per heavy atom. The van der Waals surface area contributed by atoms with Gasteiger partial charge in [0.2, 0.25) is 0 Å². The van der Waals surface area contributed by atoms with Gasteiger partial charge in [0.1, 0.15) is 11.6 Å². The molecule has 1 aromatic carbocycles. The molecule has 1 aromatic heterocycles. The lowest BCUT2D eigenvalue weighted by Gasteiger charge is -2.12. The molecular formula is C14H19N3O2. The smallest absolute Gasteiger partial charge is 0.122 e. The minimum Gasteiger partial charge on any atom is -0.497 e. The van der Waals surface area contributed by atoms with Crippen LogP contribution >= 0.6 is 0 Å². The van der Waals surface area contributed by atoms with E-state index >= 15 is 0 Å². The number of aliphatic hydroxyl groups is 1. The van der Waals surface area contributed by atoms with Crippen LogP contribution < -0.4 is 10.1 Å². The quantitative estimate of drug-likeness (QED) is 0.821. The van der Waals surface area contributed by atoms with Gasteiger partial charge in [0.25, 0.3) is 0 Å². The van der Waals surface area contributed by atoms with E-state index in [1.165, 1.54) is 0 Å². The Kier molecular flexibility index (Phi) is 4.54. The second-order valence-corrected chi connectivity index (χ2v) is 4.37. The number of hydrogen-bond donors (Lipinski definition) is 2. The third-order valence-electron chi connectivity index (χ3n) is 3.04. The lowest BCUT2D eigenvalue weighted by molar-refractivity contribution is 0.174. The zero-order valence-electron chi connectivity index (χ0n) is 11.2. The summed E-state index contributed by atoms with van der Waals surface area (Å²) < 4.78 is 7.04. The molecule has 0 aliphatic heterocycles. The van der Waals surface area contributed by atoms with Crippen LogP contribution in [0.1, 0.15) is 17.5 Å². The number of aliphatic hydroxyl groups excluding tert-OH is 1. The van der Waals surface area contributed by atoms with E-state index in [0.717, 1.165) is 17.1 Å². The van der Waals surface area contributed by atoms with Gasteiger partial charge >= 0.3 is 0 Å². The molecular weight excluding hydrogens is 242 g/mol. The standard InChI is InChI=1S/C14H19N3O2/c1-17-8-7-16-14(17)10-15-9-13(18)11-3-5-12(19-2)6-4-11/h3-8,13,15,18H,9-10H2,1-2H3. The molecule has 0 aliphatic carbocycles. The first-order valence-electron chi connectivity index (χ1n) is 6.19. The molecule has 0 aliphatic rings. The number of rotatable bonds is 6. The van der Waals surface area contributed by atoms with Crippen LogP contribution in [0.15, 0.2) is 36.7 Å². The van der Waals surface area contributed by atoms with Crippen LogP contribution in [0.2, 0.25) is 0 Å². The van der Waals surface area contributed by atoms with Gasteiger partial charge in [-0.15, -0.1) is 0 Å². The van der Waals surface area contributed by atoms with E-state index in [9.17, 15) is 5.11 Å². The highest BCUT2D eigenvalue weighted by atomic mass is 16.5. The SMILES string of the molecule is COc1ccc(C(O)CNCc2nccn2C)cc1. The van der Waals surface area contributed by atoms with Crippen molar-refractivity contribution in [3.63, 3.8) is 0 Å². The number of aromatic nitrogens is 2. The molecule has 0 bridgehead atoms. The summed E-state index contributed by atoms with van der Waals surface area (Å²) in [6, 6.07) is 7.42. The molecule has 102 valence electrons. The van der Waals surface area contributed by atoms with Crippen LogP contribution in [0.4, 0.5) is 0 Å². The summed E-state index contributed by atoms with van der Waals surface area (Å²) in [6.07, 6.45) is 3.12. The van der Waals surface area contributed by atoms with E-state index in [0.29, 0.717) is 13.1 Å². The number of methoxy groups -OCH3 is 1. The average molecular weight is 261 g/mol. The summed E-state index contributed by atoms with van der Waals surface area (Å²) in [5.74, 6) is 1.74. The van der Waals surface area contributed by atoms with Crippen molar-refractivity contribution in [2.45, 2.75) is 12.6 Å². The maximum absolute atomic E-state index is 10.1. The molecule has 5 nitrogen and oxygen atoms in total. The van der Waals surface area contributed by atoms with Gasteiger partial charge in [-0.05, 0) is 17.7 Å².